The Morgan fingerprint density at radius 1 is 1.07 bits per heavy atom. The Kier molecular flexibility index (Phi) is 6.37. The smallest absolute Gasteiger partial charge is 0.257 e. The molecule has 3 aromatic rings. The van der Waals surface area contributed by atoms with E-state index >= 15 is 0 Å². The fraction of sp³-hybridized carbons (Fsp3) is 0.158. The first-order valence-corrected chi connectivity index (χ1v) is 10.1. The molecule has 2 aromatic carbocycles. The third kappa shape index (κ3) is 5.37. The minimum Gasteiger partial charge on any atom is -0.325 e. The minimum absolute atomic E-state index is 0.147. The molecule has 0 radical (unpaired) electrons. The van der Waals surface area contributed by atoms with Gasteiger partial charge >= 0.3 is 0 Å². The number of nitrogens with one attached hydrogen (secondary N) is 2. The van der Waals surface area contributed by atoms with Crippen molar-refractivity contribution in [3.8, 4) is 0 Å². The average Bonchev–Trinajstić information content (AvgIpc) is 3.11. The van der Waals surface area contributed by atoms with E-state index in [4.69, 9.17) is 0 Å². The highest BCUT2D eigenvalue weighted by Gasteiger charge is 2.12. The average molecular weight is 417 g/mol. The summed E-state index contributed by atoms with van der Waals surface area (Å²) in [6.07, 6.45) is 0. The van der Waals surface area contributed by atoms with Gasteiger partial charge in [0.2, 0.25) is 11.0 Å². The normalized spacial score (nSPS) is 10.5. The maximum Gasteiger partial charge on any atom is 0.257 e. The van der Waals surface area contributed by atoms with Gasteiger partial charge in [-0.1, -0.05) is 35.2 Å². The number of anilines is 2. The topological polar surface area (TPSA) is 84.0 Å². The van der Waals surface area contributed by atoms with Crippen LogP contribution in [-0.2, 0) is 4.79 Å². The Bertz CT molecular complexity index is 1010. The summed E-state index contributed by atoms with van der Waals surface area (Å²) >= 11 is 2.40. The molecule has 1 heterocycles. The number of benzene rings is 2. The molecule has 2 amide bonds. The number of halogens is 1. The molecule has 6 nitrogen and oxygen atoms in total. The van der Waals surface area contributed by atoms with Gasteiger partial charge in [0.1, 0.15) is 5.82 Å². The molecule has 0 fully saturated rings. The van der Waals surface area contributed by atoms with Crippen molar-refractivity contribution in [2.75, 3.05) is 16.4 Å². The van der Waals surface area contributed by atoms with Crippen LogP contribution in [0.1, 0.15) is 21.5 Å². The van der Waals surface area contributed by atoms with Gasteiger partial charge in [-0.2, -0.15) is 0 Å². The van der Waals surface area contributed by atoms with Gasteiger partial charge in [-0.15, -0.1) is 10.2 Å². The second-order valence-electron chi connectivity index (χ2n) is 5.99. The van der Waals surface area contributed by atoms with Crippen LogP contribution in [0, 0.1) is 19.7 Å². The monoisotopic (exact) mass is 416 g/mol. The maximum absolute atomic E-state index is 12.9. The van der Waals surface area contributed by atoms with Crippen molar-refractivity contribution in [3.05, 3.63) is 65.0 Å². The van der Waals surface area contributed by atoms with Crippen molar-refractivity contribution >= 4 is 45.7 Å². The summed E-state index contributed by atoms with van der Waals surface area (Å²) in [5, 5.41) is 13.7. The van der Waals surface area contributed by atoms with Crippen LogP contribution >= 0.6 is 23.1 Å². The van der Waals surface area contributed by atoms with Gasteiger partial charge in [0.15, 0.2) is 4.34 Å². The summed E-state index contributed by atoms with van der Waals surface area (Å²) in [6.45, 7) is 3.90. The molecular weight excluding hydrogens is 399 g/mol. The summed E-state index contributed by atoms with van der Waals surface area (Å²) in [6, 6.07) is 11.1. The molecule has 28 heavy (non-hydrogen) atoms. The fourth-order valence-electron chi connectivity index (χ4n) is 2.27. The lowest BCUT2D eigenvalue weighted by atomic mass is 10.1. The van der Waals surface area contributed by atoms with Gasteiger partial charge in [0.25, 0.3) is 5.91 Å². The first-order valence-electron chi connectivity index (χ1n) is 8.31. The number of carbonyl (C=O) groups is 2. The number of carbonyl (C=O) groups excluding carboxylic acids is 2. The van der Waals surface area contributed by atoms with Crippen molar-refractivity contribution in [2.45, 2.75) is 18.2 Å². The third-order valence-electron chi connectivity index (χ3n) is 3.73. The number of rotatable bonds is 6. The zero-order valence-corrected chi connectivity index (χ0v) is 16.8. The Hall–Kier alpha value is -2.78. The van der Waals surface area contributed by atoms with Crippen LogP contribution in [-0.4, -0.2) is 27.8 Å². The van der Waals surface area contributed by atoms with E-state index < -0.39 is 11.7 Å². The second kappa shape index (κ2) is 8.94. The number of aryl methyl sites for hydroxylation is 2. The first kappa shape index (κ1) is 20.0. The third-order valence-corrected chi connectivity index (χ3v) is 5.70. The molecular formula is C19H17FN4O2S2. The summed E-state index contributed by atoms with van der Waals surface area (Å²) in [5.41, 5.74) is 3.17. The fourth-order valence-corrected chi connectivity index (χ4v) is 3.82. The molecule has 144 valence electrons. The molecule has 0 aliphatic rings. The SMILES string of the molecule is Cc1ccc(C)c(NC(=O)CSc2nnc(NC(=O)c3ccc(F)cc3)s2)c1. The highest BCUT2D eigenvalue weighted by atomic mass is 32.2. The van der Waals surface area contributed by atoms with Crippen LogP contribution < -0.4 is 10.6 Å². The predicted molar refractivity (Wildman–Crippen MR) is 110 cm³/mol. The van der Waals surface area contributed by atoms with E-state index in [2.05, 4.69) is 20.8 Å². The van der Waals surface area contributed by atoms with Crippen LogP contribution in [0.2, 0.25) is 0 Å². The number of amides is 2. The highest BCUT2D eigenvalue weighted by molar-refractivity contribution is 8.01. The van der Waals surface area contributed by atoms with Gasteiger partial charge in [0.05, 0.1) is 5.75 Å². The van der Waals surface area contributed by atoms with E-state index in [0.717, 1.165) is 16.8 Å². The van der Waals surface area contributed by atoms with Crippen LogP contribution in [0.4, 0.5) is 15.2 Å². The first-order chi connectivity index (χ1) is 13.4. The molecule has 0 aliphatic heterocycles. The lowest BCUT2D eigenvalue weighted by Crippen LogP contribution is -2.14. The molecule has 0 spiro atoms. The van der Waals surface area contributed by atoms with Crippen LogP contribution in [0.5, 0.6) is 0 Å². The second-order valence-corrected chi connectivity index (χ2v) is 8.19. The van der Waals surface area contributed by atoms with E-state index in [-0.39, 0.29) is 11.7 Å². The largest absolute Gasteiger partial charge is 0.325 e. The van der Waals surface area contributed by atoms with Crippen LogP contribution in [0.25, 0.3) is 0 Å². The quantitative estimate of drug-likeness (QED) is 0.463. The lowest BCUT2D eigenvalue weighted by Gasteiger charge is -2.08. The summed E-state index contributed by atoms with van der Waals surface area (Å²) in [4.78, 5) is 24.3. The Labute approximate surface area is 169 Å². The van der Waals surface area contributed by atoms with E-state index in [9.17, 15) is 14.0 Å². The molecule has 0 aliphatic carbocycles. The number of hydrogen-bond donors (Lipinski definition) is 2. The predicted octanol–water partition coefficient (Wildman–Crippen LogP) is 4.28. The molecule has 0 unspecified atom stereocenters. The van der Waals surface area contributed by atoms with Crippen molar-refractivity contribution in [2.24, 2.45) is 0 Å². The Morgan fingerprint density at radius 3 is 2.57 bits per heavy atom. The molecule has 9 heteroatoms. The van der Waals surface area contributed by atoms with Crippen molar-refractivity contribution in [3.63, 3.8) is 0 Å². The summed E-state index contributed by atoms with van der Waals surface area (Å²) in [5.74, 6) is -0.787. The maximum atomic E-state index is 12.9. The minimum atomic E-state index is -0.412. The lowest BCUT2D eigenvalue weighted by molar-refractivity contribution is -0.113. The van der Waals surface area contributed by atoms with Crippen molar-refractivity contribution in [1.82, 2.24) is 10.2 Å². The summed E-state index contributed by atoms with van der Waals surface area (Å²) in [7, 11) is 0. The number of nitrogens with zero attached hydrogens (tertiary/aromatic N) is 2. The van der Waals surface area contributed by atoms with E-state index in [0.29, 0.717) is 15.0 Å². The number of hydrogen-bond acceptors (Lipinski definition) is 6. The standard InChI is InChI=1S/C19H17FN4O2S2/c1-11-3-4-12(2)15(9-11)21-16(25)10-27-19-24-23-18(28-19)22-17(26)13-5-7-14(20)8-6-13/h3-9H,10H2,1-2H3,(H,21,25)(H,22,23,26). The van der Waals surface area contributed by atoms with E-state index in [1.807, 2.05) is 32.0 Å². The molecule has 0 saturated heterocycles. The van der Waals surface area contributed by atoms with Crippen LogP contribution in [0.3, 0.4) is 0 Å². The molecule has 1 aromatic heterocycles. The van der Waals surface area contributed by atoms with Gasteiger partial charge in [-0.3, -0.25) is 14.9 Å². The Morgan fingerprint density at radius 2 is 1.82 bits per heavy atom. The zero-order chi connectivity index (χ0) is 20.1. The van der Waals surface area contributed by atoms with Gasteiger partial charge in [0, 0.05) is 11.3 Å². The Balaban J connectivity index is 1.53. The van der Waals surface area contributed by atoms with E-state index in [1.54, 1.807) is 0 Å². The highest BCUT2D eigenvalue weighted by Crippen LogP contribution is 2.26. The number of thioether (sulfide) groups is 1. The van der Waals surface area contributed by atoms with Crippen molar-refractivity contribution in [1.29, 1.82) is 0 Å². The van der Waals surface area contributed by atoms with Gasteiger partial charge in [-0.25, -0.2) is 4.39 Å². The molecule has 3 rings (SSSR count). The summed E-state index contributed by atoms with van der Waals surface area (Å²) < 4.78 is 13.5. The van der Waals surface area contributed by atoms with Gasteiger partial charge < -0.3 is 5.32 Å². The molecule has 2 N–H and O–H groups in total. The zero-order valence-electron chi connectivity index (χ0n) is 15.2. The van der Waals surface area contributed by atoms with E-state index in [1.165, 1.54) is 47.4 Å². The number of aromatic nitrogens is 2. The molecule has 0 atom stereocenters. The molecule has 0 saturated carbocycles. The van der Waals surface area contributed by atoms with Crippen LogP contribution in [0.15, 0.2) is 46.8 Å². The van der Waals surface area contributed by atoms with Crippen molar-refractivity contribution < 1.29 is 14.0 Å². The molecule has 0 bridgehead atoms. The van der Waals surface area contributed by atoms with Gasteiger partial charge in [-0.05, 0) is 55.3 Å².